The van der Waals surface area contributed by atoms with Crippen LogP contribution < -0.4 is 20.7 Å². The maximum atomic E-state index is 16.4. The van der Waals surface area contributed by atoms with E-state index in [-0.39, 0.29) is 34.8 Å². The summed E-state index contributed by atoms with van der Waals surface area (Å²) >= 11 is 8.05. The van der Waals surface area contributed by atoms with E-state index in [2.05, 4.69) is 25.2 Å². The molecule has 2 saturated heterocycles. The zero-order chi connectivity index (χ0) is 25.7. The van der Waals surface area contributed by atoms with Gasteiger partial charge in [-0.05, 0) is 25.6 Å². The van der Waals surface area contributed by atoms with Crippen molar-refractivity contribution in [1.29, 1.82) is 0 Å². The predicted molar refractivity (Wildman–Crippen MR) is 144 cm³/mol. The Kier molecular flexibility index (Phi) is 6.47. The van der Waals surface area contributed by atoms with Gasteiger partial charge in [-0.2, -0.15) is 9.97 Å². The van der Waals surface area contributed by atoms with Gasteiger partial charge in [-0.1, -0.05) is 35.1 Å². The number of nitrogen functional groups attached to an aromatic ring is 1. The first kappa shape index (κ1) is 24.5. The van der Waals surface area contributed by atoms with E-state index in [4.69, 9.17) is 22.1 Å². The van der Waals surface area contributed by atoms with Crippen molar-refractivity contribution in [2.75, 3.05) is 57.0 Å². The van der Waals surface area contributed by atoms with Gasteiger partial charge in [0.1, 0.15) is 24.1 Å². The number of hydrogen-bond donors (Lipinski definition) is 2. The molecule has 2 aliphatic heterocycles. The van der Waals surface area contributed by atoms with E-state index < -0.39 is 12.0 Å². The van der Waals surface area contributed by atoms with Crippen LogP contribution in [0.25, 0.3) is 32.2 Å². The van der Waals surface area contributed by atoms with Crippen molar-refractivity contribution in [3.05, 3.63) is 35.1 Å². The number of aromatic nitrogens is 3. The third-order valence-electron chi connectivity index (χ3n) is 7.01. The molecule has 0 spiro atoms. The molecule has 0 saturated carbocycles. The normalized spacial score (nSPS) is 20.8. The van der Waals surface area contributed by atoms with Gasteiger partial charge < -0.3 is 20.7 Å². The molecule has 4 aromatic rings. The number of para-hydroxylation sites is 1. The maximum Gasteiger partial charge on any atom is 0.319 e. The summed E-state index contributed by atoms with van der Waals surface area (Å²) in [4.78, 5) is 17.6. The second kappa shape index (κ2) is 9.79. The lowest BCUT2D eigenvalue weighted by molar-refractivity contribution is 0.188. The zero-order valence-electron chi connectivity index (χ0n) is 20.2. The Hall–Kier alpha value is -2.86. The second-order valence-electron chi connectivity index (χ2n) is 9.45. The first-order valence-electron chi connectivity index (χ1n) is 12.2. The summed E-state index contributed by atoms with van der Waals surface area (Å²) in [6.07, 6.45) is -0.513. The Morgan fingerprint density at radius 1 is 1.22 bits per heavy atom. The highest BCUT2D eigenvalue weighted by atomic mass is 35.5. The van der Waals surface area contributed by atoms with Gasteiger partial charge in [0, 0.05) is 55.3 Å². The summed E-state index contributed by atoms with van der Waals surface area (Å²) in [7, 11) is 1.86. The number of rotatable bonds is 5. The molecule has 37 heavy (non-hydrogen) atoms. The van der Waals surface area contributed by atoms with Crippen LogP contribution in [0.5, 0.6) is 6.01 Å². The van der Waals surface area contributed by atoms with E-state index in [0.717, 1.165) is 17.8 Å². The fourth-order valence-corrected chi connectivity index (χ4v) is 6.19. The number of nitrogens with one attached hydrogen (secondary N) is 1. The molecular formula is C25H26ClF2N7OS. The van der Waals surface area contributed by atoms with Crippen LogP contribution in [-0.2, 0) is 0 Å². The van der Waals surface area contributed by atoms with Crippen LogP contribution >= 0.6 is 22.9 Å². The van der Waals surface area contributed by atoms with Crippen LogP contribution in [-0.4, -0.2) is 78.4 Å². The number of thiazole rings is 1. The van der Waals surface area contributed by atoms with Gasteiger partial charge in [0.05, 0.1) is 15.2 Å². The minimum Gasteiger partial charge on any atom is -0.462 e. The Labute approximate surface area is 221 Å². The monoisotopic (exact) mass is 545 g/mol. The molecule has 6 rings (SSSR count). The van der Waals surface area contributed by atoms with Crippen LogP contribution in [0.1, 0.15) is 6.42 Å². The number of benzene rings is 2. The summed E-state index contributed by atoms with van der Waals surface area (Å²) in [5.41, 5.74) is 7.38. The second-order valence-corrected chi connectivity index (χ2v) is 10.9. The lowest BCUT2D eigenvalue weighted by Crippen LogP contribution is -2.44. The molecule has 0 bridgehead atoms. The van der Waals surface area contributed by atoms with Gasteiger partial charge in [-0.3, -0.25) is 4.90 Å². The number of nitrogens with two attached hydrogens (primary N) is 1. The van der Waals surface area contributed by atoms with Crippen LogP contribution in [0, 0.1) is 5.82 Å². The van der Waals surface area contributed by atoms with Crippen LogP contribution in [0.2, 0.25) is 5.02 Å². The van der Waals surface area contributed by atoms with Gasteiger partial charge in [-0.15, -0.1) is 0 Å². The van der Waals surface area contributed by atoms with Crippen LogP contribution in [0.3, 0.4) is 0 Å². The van der Waals surface area contributed by atoms with Crippen molar-refractivity contribution >= 4 is 55.0 Å². The Bertz CT molecular complexity index is 1480. The lowest BCUT2D eigenvalue weighted by atomic mass is 10.0. The number of halogens is 3. The molecule has 2 atom stereocenters. The first-order valence-corrected chi connectivity index (χ1v) is 13.4. The fraction of sp³-hybridized carbons (Fsp3) is 0.400. The summed E-state index contributed by atoms with van der Waals surface area (Å²) in [6, 6.07) is 7.15. The number of piperazine rings is 1. The van der Waals surface area contributed by atoms with Crippen molar-refractivity contribution in [2.24, 2.45) is 0 Å². The Morgan fingerprint density at radius 3 is 2.78 bits per heavy atom. The third-order valence-corrected chi connectivity index (χ3v) is 8.15. The highest BCUT2D eigenvalue weighted by Gasteiger charge is 2.30. The minimum atomic E-state index is -0.892. The number of hydrogen-bond acceptors (Lipinski definition) is 9. The fourth-order valence-electron chi connectivity index (χ4n) is 5.13. The van der Waals surface area contributed by atoms with Crippen molar-refractivity contribution < 1.29 is 13.5 Å². The molecule has 1 unspecified atom stereocenters. The average molecular weight is 546 g/mol. The molecule has 0 amide bonds. The van der Waals surface area contributed by atoms with Crippen molar-refractivity contribution in [2.45, 2.75) is 18.6 Å². The first-order chi connectivity index (χ1) is 17.9. The van der Waals surface area contributed by atoms with Gasteiger partial charge in [0.2, 0.25) is 0 Å². The number of fused-ring (bicyclic) bond motifs is 2. The van der Waals surface area contributed by atoms with Gasteiger partial charge in [0.25, 0.3) is 0 Å². The average Bonchev–Trinajstić information content (AvgIpc) is 3.43. The van der Waals surface area contributed by atoms with Crippen LogP contribution in [0.15, 0.2) is 24.3 Å². The summed E-state index contributed by atoms with van der Waals surface area (Å²) in [6.45, 7) is 3.50. The molecule has 0 aliphatic carbocycles. The topological polar surface area (TPSA) is 92.4 Å². The summed E-state index contributed by atoms with van der Waals surface area (Å²) in [5, 5.41) is 4.45. The molecule has 2 aromatic carbocycles. The number of anilines is 2. The molecule has 2 fully saturated rings. The molecule has 194 valence electrons. The van der Waals surface area contributed by atoms with Gasteiger partial charge in [0.15, 0.2) is 10.9 Å². The van der Waals surface area contributed by atoms with Gasteiger partial charge in [-0.25, -0.2) is 13.8 Å². The summed E-state index contributed by atoms with van der Waals surface area (Å²) in [5.74, 6) is -0.0138. The standard InChI is InChI=1S/C25H26ClF2N7OS/c1-34-11-13(27)9-14(34)12-36-25-32-22-16(23(33-25)35-7-5-30-6-8-35)10-17(26)19(20(22)28)15-3-2-4-18-21(15)31-24(29)37-18/h2-4,10,13-14,30H,5-9,11-12H2,1H3,(H2,29,31)/t13?,14-/m0/s1. The molecule has 3 N–H and O–H groups in total. The highest BCUT2D eigenvalue weighted by molar-refractivity contribution is 7.22. The third kappa shape index (κ3) is 4.54. The smallest absolute Gasteiger partial charge is 0.319 e. The van der Waals surface area contributed by atoms with E-state index in [1.54, 1.807) is 12.1 Å². The van der Waals surface area contributed by atoms with E-state index in [9.17, 15) is 4.39 Å². The number of likely N-dealkylation sites (tertiary alicyclic amines) is 1. The maximum absolute atomic E-state index is 16.4. The molecular weight excluding hydrogens is 520 g/mol. The lowest BCUT2D eigenvalue weighted by Gasteiger charge is -2.29. The Balaban J connectivity index is 1.48. The zero-order valence-corrected chi connectivity index (χ0v) is 21.8. The van der Waals surface area contributed by atoms with E-state index in [1.807, 2.05) is 24.1 Å². The number of ether oxygens (including phenoxy) is 1. The quantitative estimate of drug-likeness (QED) is 0.387. The molecule has 0 radical (unpaired) electrons. The van der Waals surface area contributed by atoms with E-state index in [1.165, 1.54) is 11.3 Å². The minimum absolute atomic E-state index is 0.0556. The molecule has 4 heterocycles. The predicted octanol–water partition coefficient (Wildman–Crippen LogP) is 4.11. The van der Waals surface area contributed by atoms with E-state index >= 15 is 4.39 Å². The van der Waals surface area contributed by atoms with E-state index in [0.29, 0.717) is 53.5 Å². The Morgan fingerprint density at radius 2 is 2.03 bits per heavy atom. The number of alkyl halides is 1. The van der Waals surface area contributed by atoms with Gasteiger partial charge >= 0.3 is 6.01 Å². The molecule has 2 aliphatic rings. The number of nitrogens with zero attached hydrogens (tertiary/aromatic N) is 5. The molecule has 12 heteroatoms. The number of likely N-dealkylation sites (N-methyl/N-ethyl adjacent to an activating group) is 1. The van der Waals surface area contributed by atoms with Crippen molar-refractivity contribution in [3.63, 3.8) is 0 Å². The summed E-state index contributed by atoms with van der Waals surface area (Å²) < 4.78 is 37.0. The molecule has 8 nitrogen and oxygen atoms in total. The largest absolute Gasteiger partial charge is 0.462 e. The molecule has 2 aromatic heterocycles. The van der Waals surface area contributed by atoms with Crippen molar-refractivity contribution in [1.82, 2.24) is 25.2 Å². The highest BCUT2D eigenvalue weighted by Crippen LogP contribution is 2.42. The van der Waals surface area contributed by atoms with Crippen LogP contribution in [0.4, 0.5) is 19.7 Å². The SMILES string of the molecule is CN1CC(F)C[C@H]1COc1nc(N2CCNCC2)c2cc(Cl)c(-c3cccc4sc(N)nc34)c(F)c2n1. The van der Waals surface area contributed by atoms with Crippen molar-refractivity contribution in [3.8, 4) is 17.1 Å².